The van der Waals surface area contributed by atoms with E-state index in [0.717, 1.165) is 29.7 Å². The number of cyclic esters (lactones) is 1. The Morgan fingerprint density at radius 3 is 2.62 bits per heavy atom. The van der Waals surface area contributed by atoms with Crippen LogP contribution in [0.25, 0.3) is 0 Å². The Morgan fingerprint density at radius 1 is 1.16 bits per heavy atom. The fraction of sp³-hybridized carbons (Fsp3) is 0.375. The number of amides is 1. The maximum absolute atomic E-state index is 14.1. The molecule has 1 amide bonds. The quantitative estimate of drug-likeness (QED) is 0.670. The minimum Gasteiger partial charge on any atom is -0.457 e. The number of halogens is 2. The number of esters is 1. The Labute approximate surface area is 185 Å². The van der Waals surface area contributed by atoms with Crippen LogP contribution in [-0.2, 0) is 29.0 Å². The number of fused-ring (bicyclic) bond motifs is 1. The van der Waals surface area contributed by atoms with Crippen LogP contribution in [0.15, 0.2) is 30.3 Å². The highest BCUT2D eigenvalue weighted by Crippen LogP contribution is 2.23. The molecule has 32 heavy (non-hydrogen) atoms. The van der Waals surface area contributed by atoms with Crippen molar-refractivity contribution in [1.82, 2.24) is 9.80 Å². The van der Waals surface area contributed by atoms with Gasteiger partial charge in [-0.15, -0.1) is 0 Å². The highest BCUT2D eigenvalue weighted by molar-refractivity contribution is 5.93. The normalized spacial score (nSPS) is 16.9. The molecule has 1 fully saturated rings. The van der Waals surface area contributed by atoms with E-state index in [1.807, 2.05) is 18.2 Å². The minimum absolute atomic E-state index is 0.0404. The lowest BCUT2D eigenvalue weighted by Crippen LogP contribution is -2.52. The van der Waals surface area contributed by atoms with Crippen LogP contribution in [0.3, 0.4) is 0 Å². The number of piperazine rings is 1. The first kappa shape index (κ1) is 21.9. The van der Waals surface area contributed by atoms with Gasteiger partial charge in [-0.25, -0.2) is 13.6 Å². The molecule has 0 spiro atoms. The van der Waals surface area contributed by atoms with Crippen LogP contribution in [0.1, 0.15) is 39.5 Å². The number of rotatable bonds is 5. The first-order chi connectivity index (χ1) is 15.4. The number of nitrogens with zero attached hydrogens (tertiary/aromatic N) is 3. The van der Waals surface area contributed by atoms with E-state index in [0.29, 0.717) is 38.3 Å². The number of benzene rings is 2. The average Bonchev–Trinajstić information content (AvgIpc) is 3.16. The summed E-state index contributed by atoms with van der Waals surface area (Å²) in [5, 5.41) is 8.78. The van der Waals surface area contributed by atoms with Crippen molar-refractivity contribution in [3.63, 3.8) is 0 Å². The predicted molar refractivity (Wildman–Crippen MR) is 112 cm³/mol. The number of hydrogen-bond donors (Lipinski definition) is 0. The summed E-state index contributed by atoms with van der Waals surface area (Å²) < 4.78 is 32.9. The Bertz CT molecular complexity index is 1100. The van der Waals surface area contributed by atoms with Crippen LogP contribution in [0.2, 0.25) is 0 Å². The van der Waals surface area contributed by atoms with Crippen molar-refractivity contribution in [3.8, 4) is 6.07 Å². The van der Waals surface area contributed by atoms with Gasteiger partial charge in [-0.1, -0.05) is 12.1 Å². The van der Waals surface area contributed by atoms with Gasteiger partial charge in [-0.2, -0.15) is 5.26 Å². The Balaban J connectivity index is 1.31. The van der Waals surface area contributed by atoms with Crippen LogP contribution < -0.4 is 0 Å². The zero-order valence-electron chi connectivity index (χ0n) is 17.7. The predicted octanol–water partition coefficient (Wildman–Crippen LogP) is 2.82. The first-order valence-corrected chi connectivity index (χ1v) is 10.5. The second kappa shape index (κ2) is 9.05. The number of hydrogen-bond acceptors (Lipinski definition) is 5. The molecule has 2 aliphatic heterocycles. The number of ether oxygens (including phenoxy) is 1. The van der Waals surface area contributed by atoms with Gasteiger partial charge >= 0.3 is 5.97 Å². The lowest BCUT2D eigenvalue weighted by molar-refractivity contribution is -0.132. The second-order valence-electron chi connectivity index (χ2n) is 8.25. The van der Waals surface area contributed by atoms with E-state index in [1.165, 1.54) is 0 Å². The summed E-state index contributed by atoms with van der Waals surface area (Å²) >= 11 is 0. The van der Waals surface area contributed by atoms with E-state index in [4.69, 9.17) is 10.00 Å². The zero-order valence-corrected chi connectivity index (χ0v) is 17.7. The van der Waals surface area contributed by atoms with Gasteiger partial charge < -0.3 is 9.64 Å². The third-order valence-electron chi connectivity index (χ3n) is 6.17. The molecular formula is C24H23F2N3O3. The standard InChI is InChI=1S/C24H23F2N3O3/c1-15(8-16-2-3-20-19(9-16)14-32-24(20)31)28-4-6-29(7-5-28)23(30)12-17-10-22(26)18(13-27)11-21(17)25/h2-3,9-11,15H,4-8,12,14H2,1H3. The molecule has 0 bridgehead atoms. The Hall–Kier alpha value is -3.31. The smallest absolute Gasteiger partial charge is 0.338 e. The molecular weight excluding hydrogens is 416 g/mol. The van der Waals surface area contributed by atoms with Gasteiger partial charge in [0.15, 0.2) is 0 Å². The van der Waals surface area contributed by atoms with Gasteiger partial charge in [0, 0.05) is 43.3 Å². The summed E-state index contributed by atoms with van der Waals surface area (Å²) in [6, 6.07) is 9.38. The van der Waals surface area contributed by atoms with Crippen molar-refractivity contribution in [3.05, 3.63) is 69.8 Å². The first-order valence-electron chi connectivity index (χ1n) is 10.5. The highest BCUT2D eigenvalue weighted by Gasteiger charge is 2.26. The van der Waals surface area contributed by atoms with Gasteiger partial charge in [0.05, 0.1) is 17.5 Å². The summed E-state index contributed by atoms with van der Waals surface area (Å²) in [5.74, 6) is -2.10. The monoisotopic (exact) mass is 439 g/mol. The van der Waals surface area contributed by atoms with Crippen LogP contribution in [0.4, 0.5) is 8.78 Å². The molecule has 1 saturated heterocycles. The minimum atomic E-state index is -0.821. The van der Waals surface area contributed by atoms with Gasteiger partial charge in [0.2, 0.25) is 5.91 Å². The lowest BCUT2D eigenvalue weighted by Gasteiger charge is -2.38. The van der Waals surface area contributed by atoms with Crippen molar-refractivity contribution in [2.75, 3.05) is 26.2 Å². The molecule has 0 radical (unpaired) electrons. The Kier molecular flexibility index (Phi) is 6.19. The summed E-state index contributed by atoms with van der Waals surface area (Å²) in [4.78, 5) is 28.2. The molecule has 2 aromatic rings. The lowest BCUT2D eigenvalue weighted by atomic mass is 10.0. The van der Waals surface area contributed by atoms with Gasteiger partial charge in [-0.3, -0.25) is 9.69 Å². The topological polar surface area (TPSA) is 73.6 Å². The summed E-state index contributed by atoms with van der Waals surface area (Å²) in [6.45, 7) is 4.83. The van der Waals surface area contributed by atoms with Crippen LogP contribution in [-0.4, -0.2) is 53.9 Å². The average molecular weight is 439 g/mol. The molecule has 2 aliphatic rings. The zero-order chi connectivity index (χ0) is 22.8. The molecule has 2 aromatic carbocycles. The molecule has 0 saturated carbocycles. The molecule has 1 atom stereocenters. The molecule has 0 aromatic heterocycles. The van der Waals surface area contributed by atoms with E-state index in [9.17, 15) is 18.4 Å². The third-order valence-corrected chi connectivity index (χ3v) is 6.17. The van der Waals surface area contributed by atoms with Crippen molar-refractivity contribution in [2.45, 2.75) is 32.4 Å². The molecule has 2 heterocycles. The fourth-order valence-electron chi connectivity index (χ4n) is 4.28. The largest absolute Gasteiger partial charge is 0.457 e. The summed E-state index contributed by atoms with van der Waals surface area (Å²) in [6.07, 6.45) is 0.574. The van der Waals surface area contributed by atoms with Gasteiger partial charge in [0.25, 0.3) is 0 Å². The van der Waals surface area contributed by atoms with E-state index in [-0.39, 0.29) is 35.5 Å². The molecule has 0 N–H and O–H groups in total. The van der Waals surface area contributed by atoms with Gasteiger partial charge in [0.1, 0.15) is 24.3 Å². The molecule has 4 rings (SSSR count). The van der Waals surface area contributed by atoms with Crippen molar-refractivity contribution in [1.29, 1.82) is 5.26 Å². The van der Waals surface area contributed by atoms with E-state index in [2.05, 4.69) is 11.8 Å². The van der Waals surface area contributed by atoms with E-state index in [1.54, 1.807) is 11.0 Å². The van der Waals surface area contributed by atoms with Gasteiger partial charge in [-0.05, 0) is 37.1 Å². The Morgan fingerprint density at radius 2 is 1.91 bits per heavy atom. The summed E-state index contributed by atoms with van der Waals surface area (Å²) in [5.41, 5.74) is 2.27. The van der Waals surface area contributed by atoms with Crippen LogP contribution in [0.5, 0.6) is 0 Å². The molecule has 166 valence electrons. The summed E-state index contributed by atoms with van der Waals surface area (Å²) in [7, 11) is 0. The molecule has 8 heteroatoms. The SMILES string of the molecule is CC(Cc1ccc2c(c1)COC2=O)N1CCN(C(=O)Cc2cc(F)c(C#N)cc2F)CC1. The highest BCUT2D eigenvalue weighted by atomic mass is 19.1. The van der Waals surface area contributed by atoms with Crippen molar-refractivity contribution < 1.29 is 23.1 Å². The molecule has 6 nitrogen and oxygen atoms in total. The van der Waals surface area contributed by atoms with Crippen LogP contribution in [0, 0.1) is 23.0 Å². The maximum atomic E-state index is 14.1. The number of nitriles is 1. The van der Waals surface area contributed by atoms with E-state index >= 15 is 0 Å². The van der Waals surface area contributed by atoms with Crippen molar-refractivity contribution >= 4 is 11.9 Å². The second-order valence-corrected chi connectivity index (χ2v) is 8.25. The molecule has 0 aliphatic carbocycles. The third kappa shape index (κ3) is 4.48. The van der Waals surface area contributed by atoms with E-state index < -0.39 is 11.6 Å². The van der Waals surface area contributed by atoms with Crippen molar-refractivity contribution in [2.24, 2.45) is 0 Å². The number of carbonyl (C=O) groups is 2. The maximum Gasteiger partial charge on any atom is 0.338 e. The fourth-order valence-corrected chi connectivity index (χ4v) is 4.28. The number of carbonyl (C=O) groups excluding carboxylic acids is 2. The molecule has 1 unspecified atom stereocenters. The van der Waals surface area contributed by atoms with Crippen LogP contribution >= 0.6 is 0 Å².